The number of thiazole rings is 1. The number of nitrogens with zero attached hydrogens (tertiary/aromatic N) is 3. The molecule has 2 heterocycles. The molecule has 3 rings (SSSR count). The number of benzene rings is 1. The first kappa shape index (κ1) is 25.1. The summed E-state index contributed by atoms with van der Waals surface area (Å²) < 4.78 is 43.5. The zero-order valence-corrected chi connectivity index (χ0v) is 20.1. The molecule has 0 radical (unpaired) electrons. The molecule has 0 aliphatic rings. The highest BCUT2D eigenvalue weighted by Crippen LogP contribution is 2.30. The highest BCUT2D eigenvalue weighted by Gasteiger charge is 2.33. The van der Waals surface area contributed by atoms with Crippen LogP contribution in [0.25, 0.3) is 11.5 Å². The molecule has 168 valence electrons. The number of aryl methyl sites for hydroxylation is 1. The van der Waals surface area contributed by atoms with Crippen molar-refractivity contribution in [2.45, 2.75) is 33.0 Å². The molecule has 11 heteroatoms. The van der Waals surface area contributed by atoms with Gasteiger partial charge in [0, 0.05) is 30.5 Å². The molecule has 0 fully saturated rings. The van der Waals surface area contributed by atoms with E-state index in [0.717, 1.165) is 33.5 Å². The lowest BCUT2D eigenvalue weighted by Gasteiger charge is -2.10. The number of halogens is 4. The fraction of sp³-hybridized carbons (Fsp3) is 0.350. The number of aliphatic imine (C=N–C) groups is 1. The highest BCUT2D eigenvalue weighted by atomic mass is 127. The molecule has 0 aliphatic carbocycles. The fourth-order valence-electron chi connectivity index (χ4n) is 2.56. The topological polar surface area (TPSA) is 75.3 Å². The van der Waals surface area contributed by atoms with Crippen molar-refractivity contribution in [1.82, 2.24) is 20.6 Å². The van der Waals surface area contributed by atoms with Crippen molar-refractivity contribution in [2.75, 3.05) is 13.1 Å². The van der Waals surface area contributed by atoms with Gasteiger partial charge in [0.15, 0.2) is 11.7 Å². The van der Waals surface area contributed by atoms with E-state index in [1.807, 2.05) is 38.1 Å². The van der Waals surface area contributed by atoms with Crippen molar-refractivity contribution in [3.63, 3.8) is 0 Å². The Bertz CT molecular complexity index is 985. The van der Waals surface area contributed by atoms with Crippen LogP contribution < -0.4 is 10.6 Å². The van der Waals surface area contributed by atoms with Gasteiger partial charge in [0.2, 0.25) is 5.89 Å². The molecule has 1 aromatic carbocycles. The van der Waals surface area contributed by atoms with Gasteiger partial charge in [-0.2, -0.15) is 13.2 Å². The van der Waals surface area contributed by atoms with E-state index in [9.17, 15) is 13.2 Å². The summed E-state index contributed by atoms with van der Waals surface area (Å²) in [6.45, 7) is 5.16. The van der Waals surface area contributed by atoms with Crippen molar-refractivity contribution in [2.24, 2.45) is 4.99 Å². The third kappa shape index (κ3) is 7.49. The molecule has 0 spiro atoms. The van der Waals surface area contributed by atoms with Gasteiger partial charge < -0.3 is 15.1 Å². The second kappa shape index (κ2) is 11.5. The number of hydrogen-bond donors (Lipinski definition) is 2. The van der Waals surface area contributed by atoms with E-state index in [4.69, 9.17) is 4.42 Å². The highest BCUT2D eigenvalue weighted by molar-refractivity contribution is 14.0. The first-order chi connectivity index (χ1) is 14.3. The quantitative estimate of drug-likeness (QED) is 0.239. The van der Waals surface area contributed by atoms with Gasteiger partial charge in [0.25, 0.3) is 0 Å². The van der Waals surface area contributed by atoms with Crippen LogP contribution in [0.5, 0.6) is 0 Å². The molecule has 6 nitrogen and oxygen atoms in total. The van der Waals surface area contributed by atoms with Gasteiger partial charge in [-0.05, 0) is 26.0 Å². The van der Waals surface area contributed by atoms with E-state index < -0.39 is 11.9 Å². The van der Waals surface area contributed by atoms with Crippen molar-refractivity contribution < 1.29 is 17.6 Å². The molecule has 2 N–H and O–H groups in total. The molecule has 0 saturated heterocycles. The monoisotopic (exact) mass is 565 g/mol. The minimum Gasteiger partial charge on any atom is -0.444 e. The fourth-order valence-corrected chi connectivity index (χ4v) is 3.29. The second-order valence-electron chi connectivity index (χ2n) is 6.51. The summed E-state index contributed by atoms with van der Waals surface area (Å²) in [7, 11) is 0. The average Bonchev–Trinajstić information content (AvgIpc) is 3.36. The zero-order valence-electron chi connectivity index (χ0n) is 17.0. The van der Waals surface area contributed by atoms with Gasteiger partial charge in [-0.1, -0.05) is 17.7 Å². The van der Waals surface area contributed by atoms with Crippen LogP contribution in [-0.4, -0.2) is 29.0 Å². The third-order valence-electron chi connectivity index (χ3n) is 4.08. The maximum absolute atomic E-state index is 12.6. The SMILES string of the molecule is CCNC(=NCc1nc(C(F)(F)F)cs1)NCCc1coc(-c2ccc(C)cc2)n1.I. The molecular formula is C20H23F3IN5OS. The van der Waals surface area contributed by atoms with Gasteiger partial charge in [-0.25, -0.2) is 15.0 Å². The summed E-state index contributed by atoms with van der Waals surface area (Å²) in [4.78, 5) is 12.4. The maximum Gasteiger partial charge on any atom is 0.434 e. The lowest BCUT2D eigenvalue weighted by molar-refractivity contribution is -0.140. The predicted octanol–water partition coefficient (Wildman–Crippen LogP) is 5.04. The van der Waals surface area contributed by atoms with Crippen LogP contribution in [-0.2, 0) is 19.1 Å². The van der Waals surface area contributed by atoms with Gasteiger partial charge in [0.1, 0.15) is 11.3 Å². The molecule has 3 aromatic rings. The first-order valence-corrected chi connectivity index (χ1v) is 10.3. The lowest BCUT2D eigenvalue weighted by atomic mass is 10.1. The summed E-state index contributed by atoms with van der Waals surface area (Å²) in [5.41, 5.74) is 1.99. The Morgan fingerprint density at radius 1 is 1.16 bits per heavy atom. The molecule has 0 amide bonds. The van der Waals surface area contributed by atoms with Crippen LogP contribution in [0.15, 0.2) is 45.3 Å². The van der Waals surface area contributed by atoms with Gasteiger partial charge in [-0.15, -0.1) is 35.3 Å². The minimum absolute atomic E-state index is 0. The van der Waals surface area contributed by atoms with Crippen molar-refractivity contribution in [3.8, 4) is 11.5 Å². The maximum atomic E-state index is 12.6. The molecular weight excluding hydrogens is 542 g/mol. The normalized spacial score (nSPS) is 11.8. The summed E-state index contributed by atoms with van der Waals surface area (Å²) in [6.07, 6.45) is -2.21. The number of rotatable bonds is 7. The van der Waals surface area contributed by atoms with E-state index in [2.05, 4.69) is 25.6 Å². The van der Waals surface area contributed by atoms with Crippen molar-refractivity contribution >= 4 is 41.3 Å². The van der Waals surface area contributed by atoms with Crippen LogP contribution >= 0.6 is 35.3 Å². The van der Waals surface area contributed by atoms with E-state index in [-0.39, 0.29) is 30.5 Å². The predicted molar refractivity (Wildman–Crippen MR) is 126 cm³/mol. The smallest absolute Gasteiger partial charge is 0.434 e. The Hall–Kier alpha value is -2.15. The molecule has 0 bridgehead atoms. The third-order valence-corrected chi connectivity index (χ3v) is 4.92. The zero-order chi connectivity index (χ0) is 21.6. The standard InChI is InChI=1S/C20H22F3N5OS.HI/c1-3-24-19(26-10-17-28-16(12-30-17)20(21,22)23)25-9-8-15-11-29-18(27-15)14-6-4-13(2)5-7-14;/h4-7,11-12H,3,8-10H2,1-2H3,(H2,24,25,26);1H. The number of alkyl halides is 3. The molecule has 0 aliphatic heterocycles. The van der Waals surface area contributed by atoms with Crippen LogP contribution in [0, 0.1) is 6.92 Å². The van der Waals surface area contributed by atoms with E-state index in [1.165, 1.54) is 0 Å². The summed E-state index contributed by atoms with van der Waals surface area (Å²) in [6, 6.07) is 7.92. The van der Waals surface area contributed by atoms with E-state index in [0.29, 0.717) is 36.4 Å². The van der Waals surface area contributed by atoms with Crippen LogP contribution in [0.1, 0.15) is 28.9 Å². The number of nitrogens with one attached hydrogen (secondary N) is 2. The average molecular weight is 565 g/mol. The van der Waals surface area contributed by atoms with Gasteiger partial charge >= 0.3 is 6.18 Å². The van der Waals surface area contributed by atoms with Crippen molar-refractivity contribution in [1.29, 1.82) is 0 Å². The number of guanidine groups is 1. The Balaban J connectivity index is 0.00000341. The van der Waals surface area contributed by atoms with Crippen LogP contribution in [0.2, 0.25) is 0 Å². The Morgan fingerprint density at radius 2 is 1.90 bits per heavy atom. The molecule has 0 unspecified atom stereocenters. The lowest BCUT2D eigenvalue weighted by Crippen LogP contribution is -2.38. The van der Waals surface area contributed by atoms with Crippen LogP contribution in [0.4, 0.5) is 13.2 Å². The van der Waals surface area contributed by atoms with Crippen molar-refractivity contribution in [3.05, 3.63) is 57.9 Å². The number of oxazole rings is 1. The van der Waals surface area contributed by atoms with E-state index in [1.54, 1.807) is 6.26 Å². The summed E-state index contributed by atoms with van der Waals surface area (Å²) >= 11 is 0.943. The Kier molecular flexibility index (Phi) is 9.29. The van der Waals surface area contributed by atoms with Crippen LogP contribution in [0.3, 0.4) is 0 Å². The first-order valence-electron chi connectivity index (χ1n) is 9.40. The Labute approximate surface area is 199 Å². The molecule has 31 heavy (non-hydrogen) atoms. The number of aromatic nitrogens is 2. The Morgan fingerprint density at radius 3 is 2.55 bits per heavy atom. The van der Waals surface area contributed by atoms with Gasteiger partial charge in [-0.3, -0.25) is 0 Å². The summed E-state index contributed by atoms with van der Waals surface area (Å²) in [5, 5.41) is 7.51. The second-order valence-corrected chi connectivity index (χ2v) is 7.45. The minimum atomic E-state index is -4.43. The number of hydrogen-bond acceptors (Lipinski definition) is 5. The van der Waals surface area contributed by atoms with Gasteiger partial charge in [0.05, 0.1) is 12.2 Å². The largest absolute Gasteiger partial charge is 0.444 e. The summed E-state index contributed by atoms with van der Waals surface area (Å²) in [5.74, 6) is 1.07. The van der Waals surface area contributed by atoms with E-state index >= 15 is 0 Å². The molecule has 0 saturated carbocycles. The molecule has 2 aromatic heterocycles. The molecule has 0 atom stereocenters.